The van der Waals surface area contributed by atoms with Gasteiger partial charge in [-0.1, -0.05) is 12.1 Å². The summed E-state index contributed by atoms with van der Waals surface area (Å²) in [5.41, 5.74) is 1.30. The van der Waals surface area contributed by atoms with Crippen molar-refractivity contribution in [3.8, 4) is 11.5 Å². The van der Waals surface area contributed by atoms with Gasteiger partial charge >= 0.3 is 0 Å². The van der Waals surface area contributed by atoms with E-state index in [-0.39, 0.29) is 17.3 Å². The van der Waals surface area contributed by atoms with Crippen LogP contribution < -0.4 is 14.8 Å². The molecule has 2 aromatic rings. The fraction of sp³-hybridized carbons (Fsp3) is 0.316. The lowest BCUT2D eigenvalue weighted by molar-refractivity contribution is 0.0963. The highest BCUT2D eigenvalue weighted by Gasteiger charge is 2.23. The number of hydrogen-bond donors (Lipinski definition) is 1. The number of nitrogens with zero attached hydrogens (tertiary/aromatic N) is 1. The van der Waals surface area contributed by atoms with Gasteiger partial charge in [-0.05, 0) is 29.8 Å². The molecule has 0 aliphatic carbocycles. The quantitative estimate of drug-likeness (QED) is 0.844. The summed E-state index contributed by atoms with van der Waals surface area (Å²) in [5.74, 6) is 0.811. The first-order valence-electron chi connectivity index (χ1n) is 8.59. The van der Waals surface area contributed by atoms with Crippen LogP contribution in [0.1, 0.15) is 22.3 Å². The van der Waals surface area contributed by atoms with E-state index in [1.807, 2.05) is 0 Å². The van der Waals surface area contributed by atoms with E-state index in [9.17, 15) is 13.2 Å². The molecule has 1 aliphatic rings. The van der Waals surface area contributed by atoms with Crippen molar-refractivity contribution >= 4 is 15.9 Å². The Labute approximate surface area is 158 Å². The van der Waals surface area contributed by atoms with Crippen molar-refractivity contribution in [1.82, 2.24) is 9.62 Å². The molecule has 1 N–H and O–H groups in total. The summed E-state index contributed by atoms with van der Waals surface area (Å²) in [6.45, 7) is 1.22. The van der Waals surface area contributed by atoms with Crippen LogP contribution in [0.15, 0.2) is 47.4 Å². The number of hydrogen-bond acceptors (Lipinski definition) is 5. The molecule has 2 aromatic carbocycles. The number of ether oxygens (including phenoxy) is 2. The Bertz CT molecular complexity index is 926. The first-order chi connectivity index (χ1) is 12.9. The maximum Gasteiger partial charge on any atom is 0.251 e. The van der Waals surface area contributed by atoms with Crippen LogP contribution >= 0.6 is 0 Å². The van der Waals surface area contributed by atoms with E-state index in [1.54, 1.807) is 37.4 Å². The second-order valence-corrected chi connectivity index (χ2v) is 8.24. The molecule has 3 rings (SSSR count). The third-order valence-corrected chi connectivity index (χ3v) is 6.07. The van der Waals surface area contributed by atoms with Gasteiger partial charge in [0, 0.05) is 38.7 Å². The van der Waals surface area contributed by atoms with Gasteiger partial charge in [0.25, 0.3) is 5.91 Å². The third kappa shape index (κ3) is 4.23. The van der Waals surface area contributed by atoms with Crippen molar-refractivity contribution in [2.24, 2.45) is 0 Å². The van der Waals surface area contributed by atoms with Crippen molar-refractivity contribution in [1.29, 1.82) is 0 Å². The van der Waals surface area contributed by atoms with Crippen molar-refractivity contribution in [3.63, 3.8) is 0 Å². The second-order valence-electron chi connectivity index (χ2n) is 6.20. The topological polar surface area (TPSA) is 84.9 Å². The minimum absolute atomic E-state index is 0.149. The van der Waals surface area contributed by atoms with E-state index < -0.39 is 10.0 Å². The van der Waals surface area contributed by atoms with Crippen molar-refractivity contribution in [3.05, 3.63) is 53.6 Å². The lowest BCUT2D eigenvalue weighted by atomic mass is 10.1. The largest absolute Gasteiger partial charge is 0.490 e. The minimum Gasteiger partial charge on any atom is -0.490 e. The highest BCUT2D eigenvalue weighted by molar-refractivity contribution is 7.89. The zero-order chi connectivity index (χ0) is 19.4. The van der Waals surface area contributed by atoms with Crippen LogP contribution in [-0.2, 0) is 16.6 Å². The Balaban J connectivity index is 1.78. The number of rotatable bonds is 5. The fourth-order valence-corrected chi connectivity index (χ4v) is 3.91. The first-order valence-corrected chi connectivity index (χ1v) is 10.0. The molecule has 0 saturated heterocycles. The minimum atomic E-state index is -3.70. The molecule has 1 amide bonds. The molecule has 0 saturated carbocycles. The van der Waals surface area contributed by atoms with Crippen LogP contribution in [-0.4, -0.2) is 45.9 Å². The van der Waals surface area contributed by atoms with Crippen LogP contribution in [0.3, 0.4) is 0 Å². The number of fused-ring (bicyclic) bond motifs is 1. The SMILES string of the molecule is CNC(=O)c1ccc(CN(C)S(=O)(=O)c2ccc3c(c2)OCCCO3)cc1. The lowest BCUT2D eigenvalue weighted by Gasteiger charge is -2.18. The van der Waals surface area contributed by atoms with Crippen LogP contribution in [0, 0.1) is 0 Å². The number of carbonyl (C=O) groups excluding carboxylic acids is 1. The highest BCUT2D eigenvalue weighted by atomic mass is 32.2. The van der Waals surface area contributed by atoms with E-state index in [2.05, 4.69) is 5.32 Å². The van der Waals surface area contributed by atoms with Gasteiger partial charge in [-0.3, -0.25) is 4.79 Å². The molecule has 1 heterocycles. The standard InChI is InChI=1S/C19H22N2O5S/c1-20-19(22)15-6-4-14(5-7-15)13-21(2)27(23,24)16-8-9-17-18(12-16)26-11-3-10-25-17/h4-9,12H,3,10-11,13H2,1-2H3,(H,20,22). The van der Waals surface area contributed by atoms with Gasteiger partial charge in [-0.15, -0.1) is 0 Å². The maximum atomic E-state index is 12.9. The molecular formula is C19H22N2O5S. The molecule has 0 radical (unpaired) electrons. The summed E-state index contributed by atoms with van der Waals surface area (Å²) in [6.07, 6.45) is 0.753. The Morgan fingerprint density at radius 1 is 1.07 bits per heavy atom. The van der Waals surface area contributed by atoms with Crippen molar-refractivity contribution < 1.29 is 22.7 Å². The van der Waals surface area contributed by atoms with E-state index in [0.717, 1.165) is 12.0 Å². The average Bonchev–Trinajstić information content (AvgIpc) is 2.92. The first kappa shape index (κ1) is 19.2. The molecule has 0 fully saturated rings. The van der Waals surface area contributed by atoms with E-state index in [0.29, 0.717) is 30.3 Å². The summed E-state index contributed by atoms with van der Waals surface area (Å²) in [5, 5.41) is 2.55. The van der Waals surface area contributed by atoms with Crippen molar-refractivity contribution in [2.45, 2.75) is 17.9 Å². The van der Waals surface area contributed by atoms with Crippen LogP contribution in [0.25, 0.3) is 0 Å². The predicted molar refractivity (Wildman–Crippen MR) is 101 cm³/mol. The van der Waals surface area contributed by atoms with Gasteiger partial charge in [0.05, 0.1) is 18.1 Å². The Hall–Kier alpha value is -2.58. The number of carbonyl (C=O) groups is 1. The van der Waals surface area contributed by atoms with Gasteiger partial charge < -0.3 is 14.8 Å². The Morgan fingerprint density at radius 3 is 2.41 bits per heavy atom. The molecule has 0 aromatic heterocycles. The van der Waals surface area contributed by atoms with E-state index in [4.69, 9.17) is 9.47 Å². The molecule has 0 atom stereocenters. The Kier molecular flexibility index (Phi) is 5.67. The normalized spacial score (nSPS) is 13.9. The van der Waals surface area contributed by atoms with Crippen molar-refractivity contribution in [2.75, 3.05) is 27.3 Å². The summed E-state index contributed by atoms with van der Waals surface area (Å²) in [7, 11) is -0.615. The van der Waals surface area contributed by atoms with Gasteiger partial charge in [-0.2, -0.15) is 4.31 Å². The number of sulfonamides is 1. The van der Waals surface area contributed by atoms with Gasteiger partial charge in [0.1, 0.15) is 0 Å². The number of amides is 1. The molecule has 144 valence electrons. The van der Waals surface area contributed by atoms with Crippen LogP contribution in [0.4, 0.5) is 0 Å². The fourth-order valence-electron chi connectivity index (χ4n) is 2.73. The zero-order valence-corrected chi connectivity index (χ0v) is 16.1. The van der Waals surface area contributed by atoms with E-state index in [1.165, 1.54) is 23.5 Å². The molecule has 0 spiro atoms. The second kappa shape index (κ2) is 7.98. The molecule has 27 heavy (non-hydrogen) atoms. The molecular weight excluding hydrogens is 368 g/mol. The smallest absolute Gasteiger partial charge is 0.251 e. The molecule has 1 aliphatic heterocycles. The lowest BCUT2D eigenvalue weighted by Crippen LogP contribution is -2.26. The number of benzene rings is 2. The Morgan fingerprint density at radius 2 is 1.74 bits per heavy atom. The zero-order valence-electron chi connectivity index (χ0n) is 15.3. The van der Waals surface area contributed by atoms with Gasteiger partial charge in [-0.25, -0.2) is 8.42 Å². The monoisotopic (exact) mass is 390 g/mol. The maximum absolute atomic E-state index is 12.9. The third-order valence-electron chi connectivity index (χ3n) is 4.28. The summed E-state index contributed by atoms with van der Waals surface area (Å²) >= 11 is 0. The average molecular weight is 390 g/mol. The van der Waals surface area contributed by atoms with Crippen LogP contribution in [0.5, 0.6) is 11.5 Å². The molecule has 7 nitrogen and oxygen atoms in total. The highest BCUT2D eigenvalue weighted by Crippen LogP contribution is 2.32. The molecule has 0 unspecified atom stereocenters. The van der Waals surface area contributed by atoms with Gasteiger partial charge in [0.2, 0.25) is 10.0 Å². The predicted octanol–water partition coefficient (Wildman–Crippen LogP) is 2.03. The van der Waals surface area contributed by atoms with Crippen LogP contribution in [0.2, 0.25) is 0 Å². The molecule has 8 heteroatoms. The van der Waals surface area contributed by atoms with Gasteiger partial charge in [0.15, 0.2) is 11.5 Å². The number of nitrogens with one attached hydrogen (secondary N) is 1. The summed E-state index contributed by atoms with van der Waals surface area (Å²) < 4.78 is 38.2. The van der Waals surface area contributed by atoms with E-state index >= 15 is 0 Å². The summed E-state index contributed by atoms with van der Waals surface area (Å²) in [4.78, 5) is 11.7. The summed E-state index contributed by atoms with van der Waals surface area (Å²) in [6, 6.07) is 11.5. The molecule has 0 bridgehead atoms.